The standard InChI is InChI=1S/C33H57NO17S/c1-30-2-4-31(5-3-30)52(38,39)51-27-26-49-25-24-48-23-22-47-21-20-46-19-18-45-17-16-44-15-14-43-13-12-42-11-10-41-9-8-40-7-6-34-32(35)28-50-29-33(36)37/h2-5H,6-29H2,1H3,(H,34,35)(H,36,37). The van der Waals surface area contributed by atoms with E-state index >= 15 is 0 Å². The van der Waals surface area contributed by atoms with Crippen LogP contribution in [0.2, 0.25) is 0 Å². The summed E-state index contributed by atoms with van der Waals surface area (Å²) in [5.41, 5.74) is 0.967. The Labute approximate surface area is 306 Å². The van der Waals surface area contributed by atoms with Gasteiger partial charge < -0.3 is 62.5 Å². The largest absolute Gasteiger partial charge is 0.480 e. The molecule has 1 aromatic rings. The van der Waals surface area contributed by atoms with E-state index in [0.29, 0.717) is 132 Å². The first-order valence-electron chi connectivity index (χ1n) is 17.1. The van der Waals surface area contributed by atoms with Crippen molar-refractivity contribution in [1.82, 2.24) is 5.32 Å². The Morgan fingerprint density at radius 1 is 0.500 bits per heavy atom. The van der Waals surface area contributed by atoms with Gasteiger partial charge in [-0.2, -0.15) is 8.42 Å². The summed E-state index contributed by atoms with van der Waals surface area (Å²) in [6.07, 6.45) is 0. The number of ether oxygens (including phenoxy) is 11. The summed E-state index contributed by atoms with van der Waals surface area (Å²) in [7, 11) is -3.79. The molecule has 1 amide bonds. The Morgan fingerprint density at radius 3 is 1.17 bits per heavy atom. The van der Waals surface area contributed by atoms with Crippen LogP contribution in [0.5, 0.6) is 0 Å². The molecule has 52 heavy (non-hydrogen) atoms. The molecule has 1 rings (SSSR count). The van der Waals surface area contributed by atoms with E-state index in [0.717, 1.165) is 5.56 Å². The van der Waals surface area contributed by atoms with Crippen molar-refractivity contribution >= 4 is 22.0 Å². The molecule has 18 nitrogen and oxygen atoms in total. The summed E-state index contributed by atoms with van der Waals surface area (Å²) in [6, 6.07) is 6.45. The lowest BCUT2D eigenvalue weighted by atomic mass is 10.2. The van der Waals surface area contributed by atoms with E-state index in [4.69, 9.17) is 56.7 Å². The second-order valence-corrected chi connectivity index (χ2v) is 12.1. The van der Waals surface area contributed by atoms with Gasteiger partial charge in [-0.15, -0.1) is 0 Å². The van der Waals surface area contributed by atoms with E-state index in [1.165, 1.54) is 12.1 Å². The van der Waals surface area contributed by atoms with Crippen molar-refractivity contribution in [2.24, 2.45) is 0 Å². The first kappa shape index (κ1) is 47.7. The number of hydrogen-bond donors (Lipinski definition) is 2. The smallest absolute Gasteiger partial charge is 0.329 e. The van der Waals surface area contributed by atoms with Crippen LogP contribution in [0.1, 0.15) is 5.56 Å². The number of aliphatic carboxylic acids is 1. The Bertz CT molecular complexity index is 1090. The molecule has 19 heteroatoms. The summed E-state index contributed by atoms with van der Waals surface area (Å²) in [4.78, 5) is 21.8. The normalized spacial score (nSPS) is 11.6. The highest BCUT2D eigenvalue weighted by Crippen LogP contribution is 2.12. The van der Waals surface area contributed by atoms with Gasteiger partial charge in [0.25, 0.3) is 10.1 Å². The maximum Gasteiger partial charge on any atom is 0.329 e. The molecule has 0 aliphatic rings. The van der Waals surface area contributed by atoms with Crippen molar-refractivity contribution in [3.05, 3.63) is 29.8 Å². The van der Waals surface area contributed by atoms with Gasteiger partial charge in [0.1, 0.15) is 13.2 Å². The Morgan fingerprint density at radius 2 is 0.827 bits per heavy atom. The van der Waals surface area contributed by atoms with Gasteiger partial charge in [-0.3, -0.25) is 8.98 Å². The van der Waals surface area contributed by atoms with E-state index in [1.807, 2.05) is 6.92 Å². The van der Waals surface area contributed by atoms with Crippen LogP contribution in [-0.4, -0.2) is 184 Å². The summed E-state index contributed by atoms with van der Waals surface area (Å²) in [6.45, 7) is 9.33. The first-order valence-corrected chi connectivity index (χ1v) is 18.5. The molecule has 302 valence electrons. The molecule has 0 aliphatic carbocycles. The third kappa shape index (κ3) is 31.2. The lowest BCUT2D eigenvalue weighted by molar-refractivity contribution is -0.143. The second kappa shape index (κ2) is 34.4. The third-order valence-corrected chi connectivity index (χ3v) is 7.48. The van der Waals surface area contributed by atoms with Crippen molar-refractivity contribution in [3.8, 4) is 0 Å². The molecular formula is C33H57NO17S. The molecule has 0 aromatic heterocycles. The molecule has 0 bridgehead atoms. The summed E-state index contributed by atoms with van der Waals surface area (Å²) >= 11 is 0. The number of carboxylic acids is 1. The van der Waals surface area contributed by atoms with Crippen LogP contribution in [0.3, 0.4) is 0 Å². The van der Waals surface area contributed by atoms with Gasteiger partial charge in [-0.25, -0.2) is 4.79 Å². The monoisotopic (exact) mass is 771 g/mol. The molecule has 0 fully saturated rings. The number of carbonyl (C=O) groups is 2. The average molecular weight is 772 g/mol. The molecule has 2 N–H and O–H groups in total. The lowest BCUT2D eigenvalue weighted by Crippen LogP contribution is -2.31. The molecule has 0 radical (unpaired) electrons. The van der Waals surface area contributed by atoms with Crippen molar-refractivity contribution in [2.75, 3.05) is 159 Å². The zero-order valence-corrected chi connectivity index (χ0v) is 31.0. The van der Waals surface area contributed by atoms with Crippen LogP contribution in [0.4, 0.5) is 0 Å². The van der Waals surface area contributed by atoms with Crippen LogP contribution >= 0.6 is 0 Å². The number of carbonyl (C=O) groups excluding carboxylic acids is 1. The van der Waals surface area contributed by atoms with Gasteiger partial charge in [-0.05, 0) is 19.1 Å². The van der Waals surface area contributed by atoms with E-state index < -0.39 is 28.6 Å². The van der Waals surface area contributed by atoms with E-state index in [-0.39, 0.29) is 24.7 Å². The number of nitrogens with one attached hydrogen (secondary N) is 1. The number of rotatable bonds is 39. The Balaban J connectivity index is 1.68. The minimum absolute atomic E-state index is 0.0703. The van der Waals surface area contributed by atoms with E-state index in [1.54, 1.807) is 12.1 Å². The van der Waals surface area contributed by atoms with E-state index in [9.17, 15) is 18.0 Å². The fraction of sp³-hybridized carbons (Fsp3) is 0.758. The zero-order valence-electron chi connectivity index (χ0n) is 30.2. The molecule has 0 spiro atoms. The highest BCUT2D eigenvalue weighted by Gasteiger charge is 2.14. The average Bonchev–Trinajstić information content (AvgIpc) is 3.11. The van der Waals surface area contributed by atoms with E-state index in [2.05, 4.69) is 10.1 Å². The Hall–Kier alpha value is -2.37. The van der Waals surface area contributed by atoms with Gasteiger partial charge in [0.2, 0.25) is 5.91 Å². The van der Waals surface area contributed by atoms with Gasteiger partial charge in [0.15, 0.2) is 0 Å². The highest BCUT2D eigenvalue weighted by atomic mass is 32.2. The summed E-state index contributed by atoms with van der Waals surface area (Å²) < 4.78 is 87.9. The third-order valence-electron chi connectivity index (χ3n) is 6.15. The molecule has 1 aromatic carbocycles. The molecule has 0 saturated carbocycles. The maximum absolute atomic E-state index is 12.1. The SMILES string of the molecule is Cc1ccc(S(=O)(=O)OCCOCCOCCOCCOCCOCCOCCOCCOCCOCCOCCNC(=O)COCC(=O)O)cc1. The van der Waals surface area contributed by atoms with Crippen LogP contribution in [-0.2, 0) is 76.0 Å². The van der Waals surface area contributed by atoms with Gasteiger partial charge in [-0.1, -0.05) is 17.7 Å². The first-order chi connectivity index (χ1) is 25.3. The fourth-order valence-corrected chi connectivity index (χ4v) is 4.49. The number of carboxylic acid groups (broad SMARTS) is 1. The molecule has 0 saturated heterocycles. The minimum atomic E-state index is -3.79. The lowest BCUT2D eigenvalue weighted by Gasteiger charge is -2.09. The number of benzene rings is 1. The number of hydrogen-bond acceptors (Lipinski definition) is 16. The van der Waals surface area contributed by atoms with Crippen LogP contribution in [0.15, 0.2) is 29.2 Å². The fourth-order valence-electron chi connectivity index (χ4n) is 3.60. The zero-order chi connectivity index (χ0) is 37.8. The van der Waals surface area contributed by atoms with Crippen LogP contribution < -0.4 is 5.32 Å². The van der Waals surface area contributed by atoms with Gasteiger partial charge >= 0.3 is 5.97 Å². The minimum Gasteiger partial charge on any atom is -0.480 e. The predicted octanol–water partition coefficient (Wildman–Crippen LogP) is 0.0837. The summed E-state index contributed by atoms with van der Waals surface area (Å²) in [5, 5.41) is 11.0. The Kier molecular flexibility index (Phi) is 31.5. The quantitative estimate of drug-likeness (QED) is 0.0671. The molecule has 0 aliphatic heterocycles. The van der Waals surface area contributed by atoms with Crippen molar-refractivity contribution in [2.45, 2.75) is 11.8 Å². The van der Waals surface area contributed by atoms with Crippen molar-refractivity contribution in [1.29, 1.82) is 0 Å². The maximum atomic E-state index is 12.1. The summed E-state index contributed by atoms with van der Waals surface area (Å²) in [5.74, 6) is -1.53. The topological polar surface area (TPSA) is 211 Å². The molecule has 0 unspecified atom stereocenters. The van der Waals surface area contributed by atoms with Crippen molar-refractivity contribution < 1.29 is 79.4 Å². The van der Waals surface area contributed by atoms with Crippen molar-refractivity contribution in [3.63, 3.8) is 0 Å². The highest BCUT2D eigenvalue weighted by molar-refractivity contribution is 7.86. The molecular weight excluding hydrogens is 714 g/mol. The van der Waals surface area contributed by atoms with Gasteiger partial charge in [0.05, 0.1) is 144 Å². The van der Waals surface area contributed by atoms with Crippen LogP contribution in [0.25, 0.3) is 0 Å². The molecule has 0 atom stereocenters. The number of amides is 1. The number of aryl methyl sites for hydroxylation is 1. The second-order valence-electron chi connectivity index (χ2n) is 10.4. The van der Waals surface area contributed by atoms with Crippen LogP contribution in [0, 0.1) is 6.92 Å². The van der Waals surface area contributed by atoms with Gasteiger partial charge in [0, 0.05) is 6.54 Å². The molecule has 0 heterocycles. The predicted molar refractivity (Wildman–Crippen MR) is 184 cm³/mol.